The van der Waals surface area contributed by atoms with E-state index in [1.54, 1.807) is 4.90 Å². The van der Waals surface area contributed by atoms with Crippen LogP contribution < -0.4 is 10.9 Å². The summed E-state index contributed by atoms with van der Waals surface area (Å²) in [5.74, 6) is -0.371. The van der Waals surface area contributed by atoms with Gasteiger partial charge in [-0.15, -0.1) is 0 Å². The van der Waals surface area contributed by atoms with Crippen molar-refractivity contribution >= 4 is 17.5 Å². The van der Waals surface area contributed by atoms with Gasteiger partial charge in [-0.2, -0.15) is 5.10 Å². The highest BCUT2D eigenvalue weighted by Crippen LogP contribution is 2.15. The van der Waals surface area contributed by atoms with E-state index >= 15 is 0 Å². The molecule has 2 aromatic rings. The number of rotatable bonds is 5. The third-order valence-corrected chi connectivity index (χ3v) is 4.86. The van der Waals surface area contributed by atoms with Crippen LogP contribution in [0.4, 0.5) is 5.69 Å². The van der Waals surface area contributed by atoms with Crippen LogP contribution in [0.1, 0.15) is 40.9 Å². The molecule has 0 bridgehead atoms. The van der Waals surface area contributed by atoms with Crippen LogP contribution in [0.3, 0.4) is 0 Å². The van der Waals surface area contributed by atoms with Crippen molar-refractivity contribution in [2.24, 2.45) is 0 Å². The fraction of sp³-hybridized carbons (Fsp3) is 0.400. The average Bonchev–Trinajstić information content (AvgIpc) is 3.18. The summed E-state index contributed by atoms with van der Waals surface area (Å²) in [7, 11) is 0. The first-order valence-electron chi connectivity index (χ1n) is 9.18. The fourth-order valence-corrected chi connectivity index (χ4v) is 3.07. The number of nitrogens with one attached hydrogen (secondary N) is 1. The van der Waals surface area contributed by atoms with Crippen molar-refractivity contribution in [3.05, 3.63) is 57.5 Å². The van der Waals surface area contributed by atoms with E-state index in [2.05, 4.69) is 10.4 Å². The van der Waals surface area contributed by atoms with E-state index < -0.39 is 5.91 Å². The summed E-state index contributed by atoms with van der Waals surface area (Å²) in [6.07, 6.45) is 2.26. The predicted octanol–water partition coefficient (Wildman–Crippen LogP) is 2.12. The van der Waals surface area contributed by atoms with Crippen LogP contribution in [0.25, 0.3) is 0 Å². The Hall–Kier alpha value is -2.96. The number of nitrogens with zero attached hydrogens (tertiary/aromatic N) is 3. The topological polar surface area (TPSA) is 84.3 Å². The highest BCUT2D eigenvalue weighted by atomic mass is 16.2. The van der Waals surface area contributed by atoms with Crippen molar-refractivity contribution < 1.29 is 9.59 Å². The van der Waals surface area contributed by atoms with Crippen molar-refractivity contribution in [3.8, 4) is 0 Å². The molecule has 2 amide bonds. The Kier molecular flexibility index (Phi) is 5.69. The molecule has 0 radical (unpaired) electrons. The van der Waals surface area contributed by atoms with E-state index in [1.165, 1.54) is 16.8 Å². The third-order valence-electron chi connectivity index (χ3n) is 4.86. The number of benzene rings is 1. The van der Waals surface area contributed by atoms with Crippen LogP contribution in [-0.4, -0.2) is 39.6 Å². The maximum absolute atomic E-state index is 12.5. The quantitative estimate of drug-likeness (QED) is 0.876. The molecule has 1 aliphatic rings. The van der Waals surface area contributed by atoms with Gasteiger partial charge in [0, 0.05) is 31.3 Å². The number of hydrogen-bond acceptors (Lipinski definition) is 4. The molecule has 1 aromatic carbocycles. The number of amides is 2. The molecular formula is C20H24N4O3. The van der Waals surface area contributed by atoms with E-state index in [-0.39, 0.29) is 30.1 Å². The minimum Gasteiger partial charge on any atom is -0.343 e. The first kappa shape index (κ1) is 18.8. The maximum atomic E-state index is 12.5. The minimum atomic E-state index is -0.391. The molecule has 7 nitrogen and oxygen atoms in total. The van der Waals surface area contributed by atoms with Crippen molar-refractivity contribution in [2.75, 3.05) is 18.4 Å². The highest BCUT2D eigenvalue weighted by Gasteiger charge is 2.18. The summed E-state index contributed by atoms with van der Waals surface area (Å²) >= 11 is 0. The molecule has 142 valence electrons. The van der Waals surface area contributed by atoms with E-state index in [9.17, 15) is 14.4 Å². The molecule has 0 unspecified atom stereocenters. The third kappa shape index (κ3) is 4.61. The highest BCUT2D eigenvalue weighted by molar-refractivity contribution is 6.02. The number of hydrogen-bond donors (Lipinski definition) is 1. The molecule has 0 aliphatic carbocycles. The van der Waals surface area contributed by atoms with Crippen LogP contribution in [-0.2, 0) is 11.3 Å². The number of aryl methyl sites for hydroxylation is 3. The van der Waals surface area contributed by atoms with Gasteiger partial charge in [-0.25, -0.2) is 4.68 Å². The lowest BCUT2D eigenvalue weighted by Gasteiger charge is -2.15. The molecule has 0 atom stereocenters. The average molecular weight is 368 g/mol. The van der Waals surface area contributed by atoms with E-state index in [1.807, 2.05) is 32.0 Å². The summed E-state index contributed by atoms with van der Waals surface area (Å²) < 4.78 is 1.18. The Morgan fingerprint density at radius 2 is 1.81 bits per heavy atom. The molecule has 27 heavy (non-hydrogen) atoms. The Bertz CT molecular complexity index is 914. The van der Waals surface area contributed by atoms with Crippen molar-refractivity contribution in [2.45, 2.75) is 39.7 Å². The summed E-state index contributed by atoms with van der Waals surface area (Å²) in [5, 5.41) is 6.92. The first-order chi connectivity index (χ1) is 12.9. The number of aromatic nitrogens is 2. The summed E-state index contributed by atoms with van der Waals surface area (Å²) in [6.45, 7) is 5.70. The van der Waals surface area contributed by atoms with Gasteiger partial charge in [0.05, 0.1) is 6.54 Å². The van der Waals surface area contributed by atoms with Crippen LogP contribution in [0, 0.1) is 13.8 Å². The second-order valence-electron chi connectivity index (χ2n) is 6.87. The Morgan fingerprint density at radius 1 is 1.07 bits per heavy atom. The number of anilines is 1. The van der Waals surface area contributed by atoms with Gasteiger partial charge in [0.1, 0.15) is 5.69 Å². The van der Waals surface area contributed by atoms with Crippen molar-refractivity contribution in [3.63, 3.8) is 0 Å². The molecule has 7 heteroatoms. The number of likely N-dealkylation sites (tertiary alicyclic amines) is 1. The Labute approximate surface area is 158 Å². The predicted molar refractivity (Wildman–Crippen MR) is 103 cm³/mol. The zero-order chi connectivity index (χ0) is 19.4. The smallest absolute Gasteiger partial charge is 0.276 e. The Balaban J connectivity index is 1.68. The summed E-state index contributed by atoms with van der Waals surface area (Å²) in [4.78, 5) is 38.4. The van der Waals surface area contributed by atoms with Gasteiger partial charge in [0.25, 0.3) is 11.5 Å². The molecular weight excluding hydrogens is 344 g/mol. The van der Waals surface area contributed by atoms with E-state index in [0.717, 1.165) is 37.1 Å². The molecule has 2 heterocycles. The van der Waals surface area contributed by atoms with Gasteiger partial charge in [-0.3, -0.25) is 14.4 Å². The summed E-state index contributed by atoms with van der Waals surface area (Å²) in [6, 6.07) is 8.35. The van der Waals surface area contributed by atoms with Gasteiger partial charge in [0.15, 0.2) is 0 Å². The zero-order valence-electron chi connectivity index (χ0n) is 15.7. The largest absolute Gasteiger partial charge is 0.343 e. The summed E-state index contributed by atoms with van der Waals surface area (Å²) in [5.41, 5.74) is 2.70. The standard InChI is InChI=1S/C20H24N4O3/c1-14-5-6-16(13-15(14)2)21-20(27)17-7-8-19(26)24(22-17)12-9-18(25)23-10-3-4-11-23/h5-8,13H,3-4,9-12H2,1-2H3,(H,21,27). The monoisotopic (exact) mass is 368 g/mol. The van der Waals surface area contributed by atoms with Gasteiger partial charge >= 0.3 is 0 Å². The lowest BCUT2D eigenvalue weighted by Crippen LogP contribution is -2.31. The van der Waals surface area contributed by atoms with Crippen molar-refractivity contribution in [1.82, 2.24) is 14.7 Å². The van der Waals surface area contributed by atoms with Gasteiger partial charge in [-0.05, 0) is 56.0 Å². The second-order valence-corrected chi connectivity index (χ2v) is 6.87. The van der Waals surface area contributed by atoms with Crippen molar-refractivity contribution in [1.29, 1.82) is 0 Å². The number of carbonyl (C=O) groups is 2. The molecule has 1 aliphatic heterocycles. The molecule has 0 saturated carbocycles. The lowest BCUT2D eigenvalue weighted by atomic mass is 10.1. The molecule has 1 saturated heterocycles. The van der Waals surface area contributed by atoms with Crippen LogP contribution >= 0.6 is 0 Å². The van der Waals surface area contributed by atoms with Gasteiger partial charge in [0.2, 0.25) is 5.91 Å². The molecule has 1 fully saturated rings. The van der Waals surface area contributed by atoms with E-state index in [0.29, 0.717) is 5.69 Å². The maximum Gasteiger partial charge on any atom is 0.276 e. The zero-order valence-corrected chi connectivity index (χ0v) is 15.7. The van der Waals surface area contributed by atoms with Gasteiger partial charge < -0.3 is 10.2 Å². The molecule has 1 N–H and O–H groups in total. The molecule has 0 spiro atoms. The SMILES string of the molecule is Cc1ccc(NC(=O)c2ccc(=O)n(CCC(=O)N3CCCC3)n2)cc1C. The van der Waals surface area contributed by atoms with Crippen LogP contribution in [0.5, 0.6) is 0 Å². The normalized spacial score (nSPS) is 13.6. The number of carbonyl (C=O) groups excluding carboxylic acids is 2. The van der Waals surface area contributed by atoms with E-state index in [4.69, 9.17) is 0 Å². The van der Waals surface area contributed by atoms with Gasteiger partial charge in [-0.1, -0.05) is 6.07 Å². The second kappa shape index (κ2) is 8.16. The first-order valence-corrected chi connectivity index (χ1v) is 9.18. The van der Waals surface area contributed by atoms with Crippen LogP contribution in [0.15, 0.2) is 35.1 Å². The van der Waals surface area contributed by atoms with Crippen LogP contribution in [0.2, 0.25) is 0 Å². The molecule has 3 rings (SSSR count). The fourth-order valence-electron chi connectivity index (χ4n) is 3.07. The lowest BCUT2D eigenvalue weighted by molar-refractivity contribution is -0.130. The minimum absolute atomic E-state index is 0.0196. The molecule has 1 aromatic heterocycles. The Morgan fingerprint density at radius 3 is 2.52 bits per heavy atom.